The van der Waals surface area contributed by atoms with Gasteiger partial charge in [0.15, 0.2) is 0 Å². The Balaban J connectivity index is 1.35. The molecule has 0 N–H and O–H groups in total. The summed E-state index contributed by atoms with van der Waals surface area (Å²) in [6.07, 6.45) is 6.05. The van der Waals surface area contributed by atoms with E-state index in [0.717, 1.165) is 70.5 Å². The van der Waals surface area contributed by atoms with Crippen molar-refractivity contribution in [3.05, 3.63) is 41.9 Å². The quantitative estimate of drug-likeness (QED) is 0.785. The molecule has 4 rings (SSSR count). The van der Waals surface area contributed by atoms with Crippen molar-refractivity contribution in [1.82, 2.24) is 19.9 Å². The highest BCUT2D eigenvalue weighted by molar-refractivity contribution is 5.44. The smallest absolute Gasteiger partial charge is 0.227 e. The number of aryl methyl sites for hydroxylation is 1. The van der Waals surface area contributed by atoms with Gasteiger partial charge in [-0.15, -0.1) is 0 Å². The summed E-state index contributed by atoms with van der Waals surface area (Å²) < 4.78 is 5.44. The summed E-state index contributed by atoms with van der Waals surface area (Å²) >= 11 is 0. The Labute approximate surface area is 167 Å². The van der Waals surface area contributed by atoms with Gasteiger partial charge in [-0.05, 0) is 37.5 Å². The van der Waals surface area contributed by atoms with E-state index in [2.05, 4.69) is 44.7 Å². The summed E-state index contributed by atoms with van der Waals surface area (Å²) in [5.41, 5.74) is 2.47. The fraction of sp³-hybridized carbons (Fsp3) is 0.571. The fourth-order valence-electron chi connectivity index (χ4n) is 4.00. The van der Waals surface area contributed by atoms with Crippen LogP contribution in [0.15, 0.2) is 30.6 Å². The minimum absolute atomic E-state index is 0.508. The van der Waals surface area contributed by atoms with Gasteiger partial charge in [0.05, 0.1) is 18.9 Å². The van der Waals surface area contributed by atoms with Gasteiger partial charge in [0, 0.05) is 58.2 Å². The van der Waals surface area contributed by atoms with Crippen molar-refractivity contribution < 1.29 is 4.74 Å². The van der Waals surface area contributed by atoms with Gasteiger partial charge in [-0.3, -0.25) is 9.88 Å². The Morgan fingerprint density at radius 1 is 1.07 bits per heavy atom. The summed E-state index contributed by atoms with van der Waals surface area (Å²) in [4.78, 5) is 20.9. The second kappa shape index (κ2) is 8.84. The molecular formula is C21H30N6O. The SMILES string of the molecule is Cc1cccnc1CN1CCC(N(C)c2ccnc(N3CCOCC3)n2)CC1. The van der Waals surface area contributed by atoms with E-state index >= 15 is 0 Å². The number of morpholine rings is 1. The van der Waals surface area contributed by atoms with E-state index in [4.69, 9.17) is 9.72 Å². The van der Waals surface area contributed by atoms with Crippen LogP contribution >= 0.6 is 0 Å². The molecule has 0 spiro atoms. The van der Waals surface area contributed by atoms with E-state index < -0.39 is 0 Å². The first kappa shape index (κ1) is 19.1. The van der Waals surface area contributed by atoms with Gasteiger partial charge in [0.1, 0.15) is 5.82 Å². The molecule has 2 aliphatic heterocycles. The first-order valence-electron chi connectivity index (χ1n) is 10.2. The lowest BCUT2D eigenvalue weighted by Gasteiger charge is -2.37. The van der Waals surface area contributed by atoms with Crippen LogP contribution in [0.1, 0.15) is 24.1 Å². The summed E-state index contributed by atoms with van der Waals surface area (Å²) in [7, 11) is 2.16. The summed E-state index contributed by atoms with van der Waals surface area (Å²) in [5.74, 6) is 1.83. The van der Waals surface area contributed by atoms with Gasteiger partial charge in [0.25, 0.3) is 0 Å². The Hall–Kier alpha value is -2.25. The summed E-state index contributed by atoms with van der Waals surface area (Å²) in [6, 6.07) is 6.68. The zero-order valence-electron chi connectivity index (χ0n) is 16.9. The molecule has 2 aromatic heterocycles. The zero-order chi connectivity index (χ0) is 19.3. The van der Waals surface area contributed by atoms with Crippen LogP contribution in [0.4, 0.5) is 11.8 Å². The summed E-state index contributed by atoms with van der Waals surface area (Å²) in [5, 5.41) is 0. The highest BCUT2D eigenvalue weighted by Gasteiger charge is 2.24. The number of anilines is 2. The predicted octanol–water partition coefficient (Wildman–Crippen LogP) is 2.12. The lowest BCUT2D eigenvalue weighted by atomic mass is 10.0. The van der Waals surface area contributed by atoms with Crippen LogP contribution in [-0.2, 0) is 11.3 Å². The van der Waals surface area contributed by atoms with E-state index in [1.807, 2.05) is 24.5 Å². The van der Waals surface area contributed by atoms with Crippen LogP contribution in [0.2, 0.25) is 0 Å². The van der Waals surface area contributed by atoms with Crippen LogP contribution in [-0.4, -0.2) is 72.3 Å². The molecule has 28 heavy (non-hydrogen) atoms. The van der Waals surface area contributed by atoms with Crippen molar-refractivity contribution in [2.75, 3.05) is 56.2 Å². The Morgan fingerprint density at radius 2 is 1.86 bits per heavy atom. The number of aromatic nitrogens is 3. The zero-order valence-corrected chi connectivity index (χ0v) is 16.9. The van der Waals surface area contributed by atoms with Crippen molar-refractivity contribution in [3.63, 3.8) is 0 Å². The monoisotopic (exact) mass is 382 g/mol. The predicted molar refractivity (Wildman–Crippen MR) is 111 cm³/mol. The number of rotatable bonds is 5. The van der Waals surface area contributed by atoms with E-state index in [1.165, 1.54) is 11.3 Å². The maximum atomic E-state index is 5.44. The van der Waals surface area contributed by atoms with Gasteiger partial charge >= 0.3 is 0 Å². The third-order valence-corrected chi connectivity index (χ3v) is 5.88. The molecule has 2 aromatic rings. The van der Waals surface area contributed by atoms with E-state index in [1.54, 1.807) is 0 Å². The maximum Gasteiger partial charge on any atom is 0.227 e. The summed E-state index contributed by atoms with van der Waals surface area (Å²) in [6.45, 7) is 8.48. The van der Waals surface area contributed by atoms with Crippen molar-refractivity contribution in [3.8, 4) is 0 Å². The molecule has 0 bridgehead atoms. The van der Waals surface area contributed by atoms with Crippen molar-refractivity contribution in [2.45, 2.75) is 32.4 Å². The number of hydrogen-bond donors (Lipinski definition) is 0. The lowest BCUT2D eigenvalue weighted by Crippen LogP contribution is -2.44. The normalized spacial score (nSPS) is 19.0. The van der Waals surface area contributed by atoms with Crippen molar-refractivity contribution >= 4 is 11.8 Å². The molecule has 0 amide bonds. The molecule has 150 valence electrons. The Bertz CT molecular complexity index is 771. The van der Waals surface area contributed by atoms with Crippen LogP contribution < -0.4 is 9.80 Å². The number of likely N-dealkylation sites (tertiary alicyclic amines) is 1. The molecular weight excluding hydrogens is 352 g/mol. The molecule has 2 aliphatic rings. The molecule has 0 unspecified atom stereocenters. The van der Waals surface area contributed by atoms with Gasteiger partial charge in [0.2, 0.25) is 5.95 Å². The van der Waals surface area contributed by atoms with Gasteiger partial charge in [-0.1, -0.05) is 6.07 Å². The molecule has 4 heterocycles. The third-order valence-electron chi connectivity index (χ3n) is 5.88. The highest BCUT2D eigenvalue weighted by Crippen LogP contribution is 2.23. The first-order valence-corrected chi connectivity index (χ1v) is 10.2. The average molecular weight is 383 g/mol. The third kappa shape index (κ3) is 4.42. The number of piperidine rings is 1. The van der Waals surface area contributed by atoms with Crippen molar-refractivity contribution in [1.29, 1.82) is 0 Å². The van der Waals surface area contributed by atoms with Crippen LogP contribution in [0.25, 0.3) is 0 Å². The minimum Gasteiger partial charge on any atom is -0.378 e. The largest absolute Gasteiger partial charge is 0.378 e. The van der Waals surface area contributed by atoms with E-state index in [-0.39, 0.29) is 0 Å². The molecule has 0 aliphatic carbocycles. The van der Waals surface area contributed by atoms with E-state index in [0.29, 0.717) is 6.04 Å². The van der Waals surface area contributed by atoms with E-state index in [9.17, 15) is 0 Å². The van der Waals surface area contributed by atoms with Crippen molar-refractivity contribution in [2.24, 2.45) is 0 Å². The number of pyridine rings is 1. The Morgan fingerprint density at radius 3 is 2.61 bits per heavy atom. The molecule has 7 nitrogen and oxygen atoms in total. The second-order valence-electron chi connectivity index (χ2n) is 7.70. The molecule has 0 radical (unpaired) electrons. The number of hydrogen-bond acceptors (Lipinski definition) is 7. The van der Waals surface area contributed by atoms with Gasteiger partial charge in [-0.2, -0.15) is 4.98 Å². The lowest BCUT2D eigenvalue weighted by molar-refractivity contribution is 0.122. The van der Waals surface area contributed by atoms with Gasteiger partial charge in [-0.25, -0.2) is 4.98 Å². The molecule has 0 saturated carbocycles. The maximum absolute atomic E-state index is 5.44. The Kier molecular flexibility index (Phi) is 6.02. The molecule has 0 aromatic carbocycles. The van der Waals surface area contributed by atoms with Gasteiger partial charge < -0.3 is 14.5 Å². The first-order chi connectivity index (χ1) is 13.7. The van der Waals surface area contributed by atoms with Crippen LogP contribution in [0.3, 0.4) is 0 Å². The van der Waals surface area contributed by atoms with Crippen LogP contribution in [0.5, 0.6) is 0 Å². The molecule has 7 heteroatoms. The second-order valence-corrected chi connectivity index (χ2v) is 7.70. The molecule has 2 saturated heterocycles. The number of nitrogens with zero attached hydrogens (tertiary/aromatic N) is 6. The highest BCUT2D eigenvalue weighted by atomic mass is 16.5. The molecule has 2 fully saturated rings. The van der Waals surface area contributed by atoms with Crippen LogP contribution in [0, 0.1) is 6.92 Å². The standard InChI is InChI=1S/C21H30N6O/c1-17-4-3-8-22-19(17)16-26-10-6-18(7-11-26)25(2)20-5-9-23-21(24-20)27-12-14-28-15-13-27/h3-5,8-9,18H,6-7,10-16H2,1-2H3. The molecule has 0 atom stereocenters. The fourth-order valence-corrected chi connectivity index (χ4v) is 4.00. The number of ether oxygens (including phenoxy) is 1. The topological polar surface area (TPSA) is 57.6 Å². The average Bonchev–Trinajstić information content (AvgIpc) is 2.76. The minimum atomic E-state index is 0.508.